The van der Waals surface area contributed by atoms with E-state index in [1.807, 2.05) is 0 Å². The molecule has 1 aliphatic carbocycles. The van der Waals surface area contributed by atoms with Crippen LogP contribution in [0.3, 0.4) is 0 Å². The van der Waals surface area contributed by atoms with Gasteiger partial charge in [0.05, 0.1) is 11.3 Å². The number of alkyl halides is 3. The van der Waals surface area contributed by atoms with Crippen LogP contribution in [0, 0.1) is 5.82 Å². The van der Waals surface area contributed by atoms with Gasteiger partial charge in [-0.1, -0.05) is 0 Å². The van der Waals surface area contributed by atoms with Crippen LogP contribution >= 0.6 is 15.9 Å². The normalized spacial score (nSPS) is 15.0. The number of aromatic nitrogens is 2. The number of carbonyl (C=O) groups is 2. The van der Waals surface area contributed by atoms with E-state index in [2.05, 4.69) is 15.9 Å². The van der Waals surface area contributed by atoms with Crippen molar-refractivity contribution in [3.05, 3.63) is 60.6 Å². The monoisotopic (exact) mass is 493 g/mol. The molecule has 8 nitrogen and oxygen atoms in total. The number of esters is 1. The number of nitrogen functional groups attached to an aromatic ring is 1. The second kappa shape index (κ2) is 7.07. The van der Waals surface area contributed by atoms with Crippen LogP contribution in [-0.4, -0.2) is 26.6 Å². The van der Waals surface area contributed by atoms with Gasteiger partial charge >= 0.3 is 17.8 Å². The molecule has 160 valence electrons. The summed E-state index contributed by atoms with van der Waals surface area (Å²) in [6.07, 6.45) is -4.50. The van der Waals surface area contributed by atoms with Crippen LogP contribution in [0.25, 0.3) is 5.69 Å². The van der Waals surface area contributed by atoms with E-state index < -0.39 is 46.2 Å². The molecule has 30 heavy (non-hydrogen) atoms. The topological polar surface area (TPSA) is 113 Å². The predicted molar refractivity (Wildman–Crippen MR) is 97.2 cm³/mol. The molecule has 1 fully saturated rings. The second-order valence-electron chi connectivity index (χ2n) is 6.58. The Labute approximate surface area is 172 Å². The van der Waals surface area contributed by atoms with Crippen molar-refractivity contribution >= 4 is 27.7 Å². The van der Waals surface area contributed by atoms with E-state index >= 15 is 0 Å². The summed E-state index contributed by atoms with van der Waals surface area (Å²) in [6, 6.07) is 1.49. The highest BCUT2D eigenvalue weighted by Crippen LogP contribution is 2.41. The molecule has 3 rings (SSSR count). The molecule has 0 unspecified atom stereocenters. The molecule has 0 bridgehead atoms. The van der Waals surface area contributed by atoms with Gasteiger partial charge in [-0.15, -0.1) is 0 Å². The molecule has 0 atom stereocenters. The van der Waals surface area contributed by atoms with Crippen LogP contribution in [0.1, 0.15) is 35.8 Å². The molecule has 1 aromatic carbocycles. The fraction of sp³-hybridized carbons (Fsp3) is 0.294. The van der Waals surface area contributed by atoms with Gasteiger partial charge in [0.25, 0.3) is 5.56 Å². The summed E-state index contributed by atoms with van der Waals surface area (Å²) >= 11 is 2.94. The molecule has 0 aliphatic heterocycles. The van der Waals surface area contributed by atoms with Crippen LogP contribution in [0.5, 0.6) is 0 Å². The number of rotatable bonds is 4. The van der Waals surface area contributed by atoms with Crippen LogP contribution in [0.4, 0.5) is 17.6 Å². The third-order valence-corrected chi connectivity index (χ3v) is 5.22. The van der Waals surface area contributed by atoms with E-state index in [4.69, 9.17) is 10.6 Å². The fourth-order valence-corrected chi connectivity index (χ4v) is 3.21. The Morgan fingerprint density at radius 3 is 2.30 bits per heavy atom. The van der Waals surface area contributed by atoms with Gasteiger partial charge in [-0.2, -0.15) is 13.2 Å². The highest BCUT2D eigenvalue weighted by Gasteiger charge is 2.51. The lowest BCUT2D eigenvalue weighted by atomic mass is 10.1. The first-order valence-electron chi connectivity index (χ1n) is 8.24. The number of halogens is 5. The highest BCUT2D eigenvalue weighted by molar-refractivity contribution is 9.10. The fourth-order valence-electron chi connectivity index (χ4n) is 2.73. The molecule has 0 spiro atoms. The van der Waals surface area contributed by atoms with Crippen molar-refractivity contribution in [2.45, 2.75) is 31.5 Å². The smallest absolute Gasteiger partial charge is 0.433 e. The molecule has 0 radical (unpaired) electrons. The maximum Gasteiger partial charge on any atom is 0.433 e. The van der Waals surface area contributed by atoms with E-state index in [-0.39, 0.29) is 31.1 Å². The minimum atomic E-state index is -5.11. The Morgan fingerprint density at radius 1 is 1.20 bits per heavy atom. The van der Waals surface area contributed by atoms with Gasteiger partial charge in [-0.05, 0) is 47.8 Å². The van der Waals surface area contributed by atoms with Crippen molar-refractivity contribution < 1.29 is 31.9 Å². The van der Waals surface area contributed by atoms with E-state index in [1.54, 1.807) is 0 Å². The molecule has 1 heterocycles. The Morgan fingerprint density at radius 2 is 1.80 bits per heavy atom. The number of benzene rings is 1. The summed E-state index contributed by atoms with van der Waals surface area (Å²) in [7, 11) is 0. The van der Waals surface area contributed by atoms with E-state index in [1.165, 1.54) is 6.92 Å². The average molecular weight is 494 g/mol. The molecule has 2 aromatic rings. The molecular formula is C17H12BrF4N3O5. The maximum atomic E-state index is 14.5. The van der Waals surface area contributed by atoms with E-state index in [9.17, 15) is 36.7 Å². The summed E-state index contributed by atoms with van der Waals surface area (Å²) < 4.78 is 58.0. The summed E-state index contributed by atoms with van der Waals surface area (Å²) in [4.78, 5) is 48.5. The summed E-state index contributed by atoms with van der Waals surface area (Å²) in [5.41, 5.74) is -7.40. The molecule has 0 saturated heterocycles. The minimum absolute atomic E-state index is 0.0236. The summed E-state index contributed by atoms with van der Waals surface area (Å²) in [5.74, 6) is 2.50. The van der Waals surface area contributed by atoms with Crippen LogP contribution in [0.15, 0.2) is 32.3 Å². The highest BCUT2D eigenvalue weighted by atomic mass is 79.9. The minimum Gasteiger partial charge on any atom is -0.447 e. The third kappa shape index (κ3) is 3.64. The quantitative estimate of drug-likeness (QED) is 0.395. The number of nitrogens with two attached hydrogens (primary N) is 1. The molecular weight excluding hydrogens is 482 g/mol. The summed E-state index contributed by atoms with van der Waals surface area (Å²) in [5, 5.41) is 0. The van der Waals surface area contributed by atoms with Gasteiger partial charge in [0, 0.05) is 10.5 Å². The lowest BCUT2D eigenvalue weighted by molar-refractivity contribution is -0.143. The Bertz CT molecular complexity index is 1200. The Hall–Kier alpha value is -2.96. The van der Waals surface area contributed by atoms with Crippen molar-refractivity contribution in [2.75, 3.05) is 5.84 Å². The Balaban J connectivity index is 2.15. The van der Waals surface area contributed by atoms with E-state index in [0.29, 0.717) is 12.8 Å². The molecule has 0 amide bonds. The first-order chi connectivity index (χ1) is 13.8. The molecule has 1 aromatic heterocycles. The second-order valence-corrected chi connectivity index (χ2v) is 7.43. The van der Waals surface area contributed by atoms with Gasteiger partial charge in [-0.25, -0.2) is 23.2 Å². The number of nitrogens with zero attached hydrogens (tertiary/aromatic N) is 2. The zero-order valence-electron chi connectivity index (χ0n) is 15.0. The van der Waals surface area contributed by atoms with Gasteiger partial charge < -0.3 is 10.6 Å². The SMILES string of the molecule is CC(=O)C1(OC(=O)c2cc(-n3c(=O)cc(C(F)(F)F)n(N)c3=O)c(F)cc2Br)CC1. The van der Waals surface area contributed by atoms with Crippen molar-refractivity contribution in [1.82, 2.24) is 9.24 Å². The van der Waals surface area contributed by atoms with Crippen molar-refractivity contribution in [3.8, 4) is 5.69 Å². The van der Waals surface area contributed by atoms with Crippen LogP contribution in [-0.2, 0) is 15.7 Å². The lowest BCUT2D eigenvalue weighted by Gasteiger charge is -2.16. The zero-order chi connectivity index (χ0) is 22.6. The van der Waals surface area contributed by atoms with Crippen LogP contribution in [0.2, 0.25) is 0 Å². The van der Waals surface area contributed by atoms with Gasteiger partial charge in [-0.3, -0.25) is 9.59 Å². The van der Waals surface area contributed by atoms with Crippen molar-refractivity contribution in [1.29, 1.82) is 0 Å². The first-order valence-corrected chi connectivity index (χ1v) is 9.03. The van der Waals surface area contributed by atoms with Crippen molar-refractivity contribution in [3.63, 3.8) is 0 Å². The number of ether oxygens (including phenoxy) is 1. The van der Waals surface area contributed by atoms with Crippen molar-refractivity contribution in [2.24, 2.45) is 0 Å². The Kier molecular flexibility index (Phi) is 5.13. The van der Waals surface area contributed by atoms with E-state index in [0.717, 1.165) is 12.1 Å². The van der Waals surface area contributed by atoms with Gasteiger partial charge in [0.2, 0.25) is 0 Å². The number of Topliss-reactive ketones (excluding diaryl/α,β-unsaturated/α-hetero) is 1. The lowest BCUT2D eigenvalue weighted by Crippen LogP contribution is -2.45. The van der Waals surface area contributed by atoms with Gasteiger partial charge in [0.1, 0.15) is 5.82 Å². The molecule has 2 N–H and O–H groups in total. The van der Waals surface area contributed by atoms with Crippen LogP contribution < -0.4 is 17.1 Å². The largest absolute Gasteiger partial charge is 0.447 e. The average Bonchev–Trinajstić information content (AvgIpc) is 3.39. The molecule has 13 heteroatoms. The molecule has 1 saturated carbocycles. The summed E-state index contributed by atoms with van der Waals surface area (Å²) in [6.45, 7) is 1.23. The molecule has 1 aliphatic rings. The third-order valence-electron chi connectivity index (χ3n) is 4.56. The first kappa shape index (κ1) is 21.7. The van der Waals surface area contributed by atoms with Gasteiger partial charge in [0.15, 0.2) is 17.1 Å². The number of ketones is 1. The number of hydrogen-bond donors (Lipinski definition) is 1. The zero-order valence-corrected chi connectivity index (χ0v) is 16.6. The maximum absolute atomic E-state index is 14.5. The number of carbonyl (C=O) groups excluding carboxylic acids is 2. The number of hydrogen-bond acceptors (Lipinski definition) is 6. The predicted octanol–water partition coefficient (Wildman–Crippen LogP) is 1.91. The standard InChI is InChI=1S/C17H12BrF4N3O5/c1-7(26)16(2-3-16)30-14(28)8-4-11(10(19)5-9(8)18)24-13(27)6-12(17(20,21)22)25(23)15(24)29/h4-6H,2-3,23H2,1H3.